The highest BCUT2D eigenvalue weighted by molar-refractivity contribution is 5.72. The number of hydrogen-bond donors (Lipinski definition) is 2. The lowest BCUT2D eigenvalue weighted by Crippen LogP contribution is -2.39. The number of aryl methyl sites for hydroxylation is 1. The van der Waals surface area contributed by atoms with Gasteiger partial charge in [-0.05, 0) is 68.0 Å². The number of rotatable bonds is 3. The highest BCUT2D eigenvalue weighted by Crippen LogP contribution is 2.38. The summed E-state index contributed by atoms with van der Waals surface area (Å²) in [5.74, 6) is 0.720. The first-order valence-corrected chi connectivity index (χ1v) is 8.00. The van der Waals surface area contributed by atoms with Crippen LogP contribution in [0.1, 0.15) is 43.4 Å². The van der Waals surface area contributed by atoms with Gasteiger partial charge in [0, 0.05) is 25.2 Å². The van der Waals surface area contributed by atoms with Crippen molar-refractivity contribution in [1.82, 2.24) is 10.2 Å². The second kappa shape index (κ2) is 6.06. The van der Waals surface area contributed by atoms with Gasteiger partial charge in [-0.15, -0.1) is 0 Å². The fourth-order valence-electron chi connectivity index (χ4n) is 3.75. The monoisotopic (exact) mass is 287 g/mol. The number of benzene rings is 1. The number of carbonyl (C=O) groups excluding carboxylic acids is 1. The molecule has 1 fully saturated rings. The van der Waals surface area contributed by atoms with E-state index in [-0.39, 0.29) is 5.91 Å². The molecule has 2 aliphatic rings. The van der Waals surface area contributed by atoms with Crippen molar-refractivity contribution in [2.45, 2.75) is 38.6 Å². The summed E-state index contributed by atoms with van der Waals surface area (Å²) >= 11 is 0. The lowest BCUT2D eigenvalue weighted by atomic mass is 9.94. The lowest BCUT2D eigenvalue weighted by molar-refractivity contribution is -0.119. The van der Waals surface area contributed by atoms with E-state index in [1.807, 2.05) is 6.07 Å². The van der Waals surface area contributed by atoms with Crippen LogP contribution >= 0.6 is 0 Å². The summed E-state index contributed by atoms with van der Waals surface area (Å²) in [5, 5.41) is 2.95. The van der Waals surface area contributed by atoms with Gasteiger partial charge < -0.3 is 11.1 Å². The van der Waals surface area contributed by atoms with Crippen molar-refractivity contribution in [2.75, 3.05) is 25.4 Å². The van der Waals surface area contributed by atoms with Gasteiger partial charge in [0.1, 0.15) is 0 Å². The summed E-state index contributed by atoms with van der Waals surface area (Å²) in [6.07, 6.45) is 4.73. The Hall–Kier alpha value is -1.55. The highest BCUT2D eigenvalue weighted by Gasteiger charge is 2.30. The molecule has 1 aromatic rings. The Bertz CT molecular complexity index is 521. The van der Waals surface area contributed by atoms with Crippen LogP contribution in [0.2, 0.25) is 0 Å². The maximum Gasteiger partial charge on any atom is 0.216 e. The average molecular weight is 287 g/mol. The quantitative estimate of drug-likeness (QED) is 0.837. The molecule has 1 aromatic carbocycles. The standard InChI is InChI=1S/C17H25N3O/c1-12(21)19-11-13-6-8-20(9-7-13)17-5-2-14-10-15(18)3-4-16(14)17/h3-4,10,13,17H,2,5-9,11,18H2,1H3,(H,19,21). The van der Waals surface area contributed by atoms with Gasteiger partial charge in [0.05, 0.1) is 0 Å². The zero-order chi connectivity index (χ0) is 14.8. The maximum atomic E-state index is 11.0. The van der Waals surface area contributed by atoms with Crippen molar-refractivity contribution >= 4 is 11.6 Å². The maximum absolute atomic E-state index is 11.0. The topological polar surface area (TPSA) is 58.4 Å². The fourth-order valence-corrected chi connectivity index (χ4v) is 3.75. The zero-order valence-corrected chi connectivity index (χ0v) is 12.8. The Morgan fingerprint density at radius 3 is 2.81 bits per heavy atom. The molecule has 0 radical (unpaired) electrons. The Kier molecular flexibility index (Phi) is 4.15. The number of amides is 1. The normalized spacial score (nSPS) is 23.0. The van der Waals surface area contributed by atoms with Crippen molar-refractivity contribution in [3.63, 3.8) is 0 Å². The molecule has 0 aromatic heterocycles. The second-order valence-corrected chi connectivity index (χ2v) is 6.43. The van der Waals surface area contributed by atoms with E-state index in [1.165, 1.54) is 30.4 Å². The molecule has 1 amide bonds. The minimum Gasteiger partial charge on any atom is -0.399 e. The Labute approximate surface area is 126 Å². The minimum atomic E-state index is 0.0831. The van der Waals surface area contributed by atoms with E-state index in [4.69, 9.17) is 5.73 Å². The molecule has 3 rings (SSSR count). The van der Waals surface area contributed by atoms with Gasteiger partial charge in [0.15, 0.2) is 0 Å². The van der Waals surface area contributed by atoms with Crippen LogP contribution in [0.3, 0.4) is 0 Å². The van der Waals surface area contributed by atoms with Crippen molar-refractivity contribution < 1.29 is 4.79 Å². The van der Waals surface area contributed by atoms with Gasteiger partial charge in [0.25, 0.3) is 0 Å². The Morgan fingerprint density at radius 1 is 1.33 bits per heavy atom. The number of nitrogen functional groups attached to an aromatic ring is 1. The largest absolute Gasteiger partial charge is 0.399 e. The lowest BCUT2D eigenvalue weighted by Gasteiger charge is -2.36. The average Bonchev–Trinajstić information content (AvgIpc) is 2.88. The van der Waals surface area contributed by atoms with Crippen LogP contribution in [0.4, 0.5) is 5.69 Å². The number of anilines is 1. The van der Waals surface area contributed by atoms with Gasteiger partial charge >= 0.3 is 0 Å². The van der Waals surface area contributed by atoms with E-state index in [2.05, 4.69) is 22.3 Å². The summed E-state index contributed by atoms with van der Waals surface area (Å²) in [5.41, 5.74) is 9.67. The number of piperidine rings is 1. The third kappa shape index (κ3) is 3.21. The van der Waals surface area contributed by atoms with Crippen molar-refractivity contribution in [3.05, 3.63) is 29.3 Å². The van der Waals surface area contributed by atoms with Crippen LogP contribution in [0.15, 0.2) is 18.2 Å². The van der Waals surface area contributed by atoms with Crippen LogP contribution in [0.25, 0.3) is 0 Å². The number of likely N-dealkylation sites (tertiary alicyclic amines) is 1. The summed E-state index contributed by atoms with van der Waals surface area (Å²) in [6, 6.07) is 6.95. The predicted octanol–water partition coefficient (Wildman–Crippen LogP) is 2.10. The number of nitrogens with one attached hydrogen (secondary N) is 1. The van der Waals surface area contributed by atoms with Crippen LogP contribution < -0.4 is 11.1 Å². The van der Waals surface area contributed by atoms with Crippen molar-refractivity contribution in [1.29, 1.82) is 0 Å². The molecule has 0 spiro atoms. The van der Waals surface area contributed by atoms with E-state index in [0.29, 0.717) is 12.0 Å². The van der Waals surface area contributed by atoms with E-state index in [9.17, 15) is 4.79 Å². The first-order valence-electron chi connectivity index (χ1n) is 8.00. The molecular formula is C17H25N3O. The molecule has 114 valence electrons. The molecule has 0 saturated carbocycles. The van der Waals surface area contributed by atoms with Gasteiger partial charge in [-0.25, -0.2) is 0 Å². The third-order valence-corrected chi connectivity index (χ3v) is 4.94. The van der Waals surface area contributed by atoms with E-state index in [0.717, 1.165) is 31.7 Å². The smallest absolute Gasteiger partial charge is 0.216 e. The molecule has 21 heavy (non-hydrogen) atoms. The Morgan fingerprint density at radius 2 is 2.10 bits per heavy atom. The number of hydrogen-bond acceptors (Lipinski definition) is 3. The number of nitrogens with two attached hydrogens (primary N) is 1. The molecule has 4 nitrogen and oxygen atoms in total. The number of nitrogens with zero attached hydrogens (tertiary/aromatic N) is 1. The first-order chi connectivity index (χ1) is 10.1. The van der Waals surface area contributed by atoms with E-state index < -0.39 is 0 Å². The predicted molar refractivity (Wildman–Crippen MR) is 84.9 cm³/mol. The number of carbonyl (C=O) groups is 1. The number of fused-ring (bicyclic) bond motifs is 1. The molecular weight excluding hydrogens is 262 g/mol. The second-order valence-electron chi connectivity index (χ2n) is 6.43. The fraction of sp³-hybridized carbons (Fsp3) is 0.588. The van der Waals surface area contributed by atoms with Crippen LogP contribution in [-0.4, -0.2) is 30.4 Å². The summed E-state index contributed by atoms with van der Waals surface area (Å²) in [4.78, 5) is 13.6. The zero-order valence-electron chi connectivity index (χ0n) is 12.8. The molecule has 1 aliphatic carbocycles. The van der Waals surface area contributed by atoms with Crippen LogP contribution in [-0.2, 0) is 11.2 Å². The molecule has 1 saturated heterocycles. The summed E-state index contributed by atoms with van der Waals surface area (Å²) < 4.78 is 0. The van der Waals surface area contributed by atoms with E-state index >= 15 is 0 Å². The first kappa shape index (κ1) is 14.4. The third-order valence-electron chi connectivity index (χ3n) is 4.94. The molecule has 1 unspecified atom stereocenters. The van der Waals surface area contributed by atoms with Gasteiger partial charge in [0.2, 0.25) is 5.91 Å². The molecule has 1 atom stereocenters. The van der Waals surface area contributed by atoms with Crippen molar-refractivity contribution in [3.8, 4) is 0 Å². The van der Waals surface area contributed by atoms with Crippen molar-refractivity contribution in [2.24, 2.45) is 5.92 Å². The van der Waals surface area contributed by atoms with E-state index in [1.54, 1.807) is 6.92 Å². The summed E-state index contributed by atoms with van der Waals surface area (Å²) in [6.45, 7) is 4.70. The molecule has 3 N–H and O–H groups in total. The molecule has 1 heterocycles. The Balaban J connectivity index is 1.58. The minimum absolute atomic E-state index is 0.0831. The van der Waals surface area contributed by atoms with Crippen LogP contribution in [0.5, 0.6) is 0 Å². The molecule has 0 bridgehead atoms. The molecule has 1 aliphatic heterocycles. The van der Waals surface area contributed by atoms with Gasteiger partial charge in [-0.1, -0.05) is 6.07 Å². The molecule has 4 heteroatoms. The van der Waals surface area contributed by atoms with Gasteiger partial charge in [-0.2, -0.15) is 0 Å². The SMILES string of the molecule is CC(=O)NCC1CCN(C2CCc3cc(N)ccc32)CC1. The highest BCUT2D eigenvalue weighted by atomic mass is 16.1. The van der Waals surface area contributed by atoms with Crippen LogP contribution in [0, 0.1) is 5.92 Å². The van der Waals surface area contributed by atoms with Gasteiger partial charge in [-0.3, -0.25) is 9.69 Å². The summed E-state index contributed by atoms with van der Waals surface area (Å²) in [7, 11) is 0.